The fourth-order valence-electron chi connectivity index (χ4n) is 3.49. The van der Waals surface area contributed by atoms with Crippen LogP contribution >= 0.6 is 11.6 Å². The molecule has 5 nitrogen and oxygen atoms in total. The second kappa shape index (κ2) is 9.58. The third kappa shape index (κ3) is 5.38. The number of aromatic nitrogens is 2. The highest BCUT2D eigenvalue weighted by atomic mass is 35.5. The van der Waals surface area contributed by atoms with Gasteiger partial charge in [0.15, 0.2) is 0 Å². The van der Waals surface area contributed by atoms with Gasteiger partial charge < -0.3 is 9.88 Å². The van der Waals surface area contributed by atoms with E-state index in [0.29, 0.717) is 41.1 Å². The van der Waals surface area contributed by atoms with E-state index in [4.69, 9.17) is 11.6 Å². The number of nitrogens with zero attached hydrogens (tertiary/aromatic N) is 2. The van der Waals surface area contributed by atoms with Crippen molar-refractivity contribution in [3.05, 3.63) is 111 Å². The van der Waals surface area contributed by atoms with E-state index in [1.807, 2.05) is 60.7 Å². The van der Waals surface area contributed by atoms with Gasteiger partial charge >= 0.3 is 0 Å². The third-order valence-electron chi connectivity index (χ3n) is 5.11. The van der Waals surface area contributed by atoms with Crippen molar-refractivity contribution >= 4 is 28.4 Å². The van der Waals surface area contributed by atoms with Crippen LogP contribution in [-0.2, 0) is 24.3 Å². The third-order valence-corrected chi connectivity index (χ3v) is 5.36. The Morgan fingerprint density at radius 2 is 1.58 bits per heavy atom. The second-order valence-electron chi connectivity index (χ2n) is 7.39. The topological polar surface area (TPSA) is 66.1 Å². The Hall–Kier alpha value is -3.44. The van der Waals surface area contributed by atoms with Crippen LogP contribution in [0.5, 0.6) is 0 Å². The fraction of sp³-hybridized carbons (Fsp3) is 0.160. The predicted octanol–water partition coefficient (Wildman–Crippen LogP) is 4.74. The Kier molecular flexibility index (Phi) is 6.43. The first-order chi connectivity index (χ1) is 15.1. The Morgan fingerprint density at radius 1 is 0.871 bits per heavy atom. The van der Waals surface area contributed by atoms with Crippen LogP contribution in [0.25, 0.3) is 10.9 Å². The second-order valence-corrected chi connectivity index (χ2v) is 7.83. The van der Waals surface area contributed by atoms with Gasteiger partial charge in [-0.25, -0.2) is 4.98 Å². The minimum Gasteiger partial charge on any atom is -0.331 e. The Labute approximate surface area is 185 Å². The number of H-pyrrole nitrogens is 1. The molecule has 1 heterocycles. The van der Waals surface area contributed by atoms with Crippen LogP contribution in [0.1, 0.15) is 23.4 Å². The first-order valence-electron chi connectivity index (χ1n) is 10.1. The van der Waals surface area contributed by atoms with Gasteiger partial charge in [0.25, 0.3) is 5.56 Å². The summed E-state index contributed by atoms with van der Waals surface area (Å²) in [6.07, 6.45) is 0.968. The first kappa shape index (κ1) is 20.8. The summed E-state index contributed by atoms with van der Waals surface area (Å²) < 4.78 is 0. The highest BCUT2D eigenvalue weighted by Gasteiger charge is 2.17. The summed E-state index contributed by atoms with van der Waals surface area (Å²) in [4.78, 5) is 34.7. The van der Waals surface area contributed by atoms with Crippen molar-refractivity contribution in [1.29, 1.82) is 0 Å². The van der Waals surface area contributed by atoms with Gasteiger partial charge in [-0.1, -0.05) is 66.2 Å². The molecular weight excluding hydrogens is 410 g/mol. The van der Waals surface area contributed by atoms with Crippen LogP contribution in [0, 0.1) is 0 Å². The molecule has 0 aliphatic rings. The zero-order valence-electron chi connectivity index (χ0n) is 16.9. The number of carbonyl (C=O) groups excluding carboxylic acids is 1. The number of aromatic amines is 1. The van der Waals surface area contributed by atoms with Gasteiger partial charge in [0, 0.05) is 18.0 Å². The zero-order chi connectivity index (χ0) is 21.6. The molecule has 6 heteroatoms. The molecule has 0 spiro atoms. The van der Waals surface area contributed by atoms with Crippen LogP contribution in [0.4, 0.5) is 0 Å². The monoisotopic (exact) mass is 431 g/mol. The summed E-state index contributed by atoms with van der Waals surface area (Å²) in [5.41, 5.74) is 2.49. The van der Waals surface area contributed by atoms with Crippen LogP contribution in [0.2, 0.25) is 5.02 Å². The van der Waals surface area contributed by atoms with E-state index in [1.165, 1.54) is 0 Å². The Morgan fingerprint density at radius 3 is 2.35 bits per heavy atom. The molecule has 0 bridgehead atoms. The molecule has 1 amide bonds. The molecule has 0 atom stereocenters. The highest BCUT2D eigenvalue weighted by Crippen LogP contribution is 2.15. The number of halogens is 1. The average molecular weight is 432 g/mol. The van der Waals surface area contributed by atoms with Gasteiger partial charge in [-0.05, 0) is 41.8 Å². The van der Waals surface area contributed by atoms with E-state index in [0.717, 1.165) is 11.1 Å². The number of para-hydroxylation sites is 1. The quantitative estimate of drug-likeness (QED) is 0.459. The highest BCUT2D eigenvalue weighted by molar-refractivity contribution is 6.30. The molecule has 0 unspecified atom stereocenters. The van der Waals surface area contributed by atoms with Gasteiger partial charge in [-0.15, -0.1) is 0 Å². The lowest BCUT2D eigenvalue weighted by atomic mass is 10.1. The summed E-state index contributed by atoms with van der Waals surface area (Å²) in [6, 6.07) is 24.5. The number of hydrogen-bond acceptors (Lipinski definition) is 3. The van der Waals surface area contributed by atoms with Crippen molar-refractivity contribution in [2.45, 2.75) is 25.9 Å². The average Bonchev–Trinajstić information content (AvgIpc) is 2.79. The molecule has 156 valence electrons. The molecule has 1 N–H and O–H groups in total. The van der Waals surface area contributed by atoms with E-state index < -0.39 is 0 Å². The Balaban J connectivity index is 1.55. The SMILES string of the molecule is O=C(CCc1ccc(Cl)cc1)N(Cc1ccccc1)Cc1nc2ccccc2c(=O)[nH]1. The van der Waals surface area contributed by atoms with E-state index in [1.54, 1.807) is 23.1 Å². The fourth-order valence-corrected chi connectivity index (χ4v) is 3.61. The molecule has 31 heavy (non-hydrogen) atoms. The molecule has 1 aromatic heterocycles. The van der Waals surface area contributed by atoms with Crippen LogP contribution in [0.3, 0.4) is 0 Å². The van der Waals surface area contributed by atoms with E-state index in [9.17, 15) is 9.59 Å². The maximum atomic E-state index is 13.1. The molecule has 0 fully saturated rings. The lowest BCUT2D eigenvalue weighted by Crippen LogP contribution is -2.32. The molecule has 0 radical (unpaired) electrons. The smallest absolute Gasteiger partial charge is 0.258 e. The van der Waals surface area contributed by atoms with Gasteiger partial charge in [-0.3, -0.25) is 9.59 Å². The lowest BCUT2D eigenvalue weighted by Gasteiger charge is -2.22. The number of nitrogens with one attached hydrogen (secondary N) is 1. The molecule has 3 aromatic carbocycles. The number of aryl methyl sites for hydroxylation is 1. The maximum Gasteiger partial charge on any atom is 0.258 e. The first-order valence-corrected chi connectivity index (χ1v) is 10.5. The number of fused-ring (bicyclic) bond motifs is 1. The summed E-state index contributed by atoms with van der Waals surface area (Å²) in [7, 11) is 0. The van der Waals surface area contributed by atoms with Gasteiger partial charge in [0.2, 0.25) is 5.91 Å². The summed E-state index contributed by atoms with van der Waals surface area (Å²) in [5, 5.41) is 1.21. The minimum absolute atomic E-state index is 0.00499. The molecule has 0 aliphatic carbocycles. The van der Waals surface area contributed by atoms with Crippen LogP contribution < -0.4 is 5.56 Å². The van der Waals surface area contributed by atoms with Gasteiger partial charge in [0.1, 0.15) is 5.82 Å². The molecule has 4 aromatic rings. The standard InChI is InChI=1S/C25H22ClN3O2/c26-20-13-10-18(11-14-20)12-15-24(30)29(16-19-6-2-1-3-7-19)17-23-27-22-9-5-4-8-21(22)25(31)28-23/h1-11,13-14H,12,15-17H2,(H,27,28,31). The maximum absolute atomic E-state index is 13.1. The zero-order valence-corrected chi connectivity index (χ0v) is 17.7. The number of carbonyl (C=O) groups is 1. The van der Waals surface area contributed by atoms with Gasteiger partial charge in [-0.2, -0.15) is 0 Å². The minimum atomic E-state index is -0.200. The molecule has 0 saturated carbocycles. The number of benzene rings is 3. The lowest BCUT2D eigenvalue weighted by molar-refractivity contribution is -0.132. The molecular formula is C25H22ClN3O2. The van der Waals surface area contributed by atoms with E-state index in [2.05, 4.69) is 9.97 Å². The van der Waals surface area contributed by atoms with E-state index in [-0.39, 0.29) is 18.0 Å². The number of rotatable bonds is 7. The largest absolute Gasteiger partial charge is 0.331 e. The Bertz CT molecular complexity index is 1240. The summed E-state index contributed by atoms with van der Waals surface area (Å²) >= 11 is 5.95. The normalized spacial score (nSPS) is 10.9. The number of hydrogen-bond donors (Lipinski definition) is 1. The predicted molar refractivity (Wildman–Crippen MR) is 123 cm³/mol. The van der Waals surface area contributed by atoms with Crippen molar-refractivity contribution in [3.8, 4) is 0 Å². The summed E-state index contributed by atoms with van der Waals surface area (Å²) in [6.45, 7) is 0.672. The van der Waals surface area contributed by atoms with Crippen molar-refractivity contribution in [3.63, 3.8) is 0 Å². The van der Waals surface area contributed by atoms with Gasteiger partial charge in [0.05, 0.1) is 17.4 Å². The van der Waals surface area contributed by atoms with Crippen LogP contribution in [0.15, 0.2) is 83.7 Å². The van der Waals surface area contributed by atoms with E-state index >= 15 is 0 Å². The molecule has 0 aliphatic heterocycles. The number of amides is 1. The molecule has 0 saturated heterocycles. The van der Waals surface area contributed by atoms with Crippen molar-refractivity contribution < 1.29 is 4.79 Å². The summed E-state index contributed by atoms with van der Waals surface area (Å²) in [5.74, 6) is 0.467. The van der Waals surface area contributed by atoms with Crippen molar-refractivity contribution in [2.75, 3.05) is 0 Å². The van der Waals surface area contributed by atoms with Crippen molar-refractivity contribution in [2.24, 2.45) is 0 Å². The molecule has 4 rings (SSSR count). The van der Waals surface area contributed by atoms with Crippen molar-refractivity contribution in [1.82, 2.24) is 14.9 Å². The van der Waals surface area contributed by atoms with Crippen LogP contribution in [-0.4, -0.2) is 20.8 Å².